The monoisotopic (exact) mass is 616 g/mol. The highest BCUT2D eigenvalue weighted by atomic mass is 32.2. The number of esters is 1. The van der Waals surface area contributed by atoms with Crippen molar-refractivity contribution in [1.29, 1.82) is 0 Å². The van der Waals surface area contributed by atoms with E-state index in [1.807, 2.05) is 59.5 Å². The van der Waals surface area contributed by atoms with Gasteiger partial charge in [-0.3, -0.25) is 9.11 Å². The van der Waals surface area contributed by atoms with Crippen molar-refractivity contribution in [3.8, 4) is 17.0 Å². The number of halogens is 3. The van der Waals surface area contributed by atoms with E-state index in [-0.39, 0.29) is 6.54 Å². The van der Waals surface area contributed by atoms with Crippen LogP contribution in [0.1, 0.15) is 6.92 Å². The highest BCUT2D eigenvalue weighted by Crippen LogP contribution is 2.33. The molecule has 14 heteroatoms. The second-order valence-electron chi connectivity index (χ2n) is 10.1. The van der Waals surface area contributed by atoms with Crippen LogP contribution >= 0.6 is 0 Å². The quantitative estimate of drug-likeness (QED) is 0.273. The molecule has 10 nitrogen and oxygen atoms in total. The van der Waals surface area contributed by atoms with E-state index in [4.69, 9.17) is 4.74 Å². The lowest BCUT2D eigenvalue weighted by molar-refractivity contribution is -0.204. The molecule has 1 aliphatic rings. The number of hydrogen-bond donors (Lipinski definition) is 1. The summed E-state index contributed by atoms with van der Waals surface area (Å²) in [4.78, 5) is 20.4. The molecule has 2 aromatic carbocycles. The minimum Gasteiger partial charge on any atom is -0.494 e. The lowest BCUT2D eigenvalue weighted by Crippen LogP contribution is -2.49. The van der Waals surface area contributed by atoms with Gasteiger partial charge in [-0.15, -0.1) is 5.10 Å². The van der Waals surface area contributed by atoms with E-state index in [1.165, 1.54) is 6.92 Å². The van der Waals surface area contributed by atoms with Gasteiger partial charge in [-0.25, -0.2) is 14.3 Å². The summed E-state index contributed by atoms with van der Waals surface area (Å²) in [6.45, 7) is 4.14. The van der Waals surface area contributed by atoms with Gasteiger partial charge in [-0.2, -0.15) is 13.2 Å². The first kappa shape index (κ1) is 30.3. The standard InChI is InChI=1S/C29H31F3N6O4S/c1-19(42-27(39)29(30,31)32)18-36-12-14-37(15-13-36)20-8-10-23(25(16-20)41-2)34-28-33-17-21-9-11-24(38(21)35-28)22-6-4-5-7-26(22)43(3)40/h4-11,16-17,19H,12-15,18H2,1-3H3,(H,34,35)/t19?,43-/m0/s1. The highest BCUT2D eigenvalue weighted by molar-refractivity contribution is 7.84. The maximum absolute atomic E-state index is 12.5. The predicted octanol–water partition coefficient (Wildman–Crippen LogP) is 4.50. The Labute approximate surface area is 248 Å². The molecule has 0 spiro atoms. The van der Waals surface area contributed by atoms with Crippen molar-refractivity contribution in [1.82, 2.24) is 19.5 Å². The number of nitrogens with one attached hydrogen (secondary N) is 1. The van der Waals surface area contributed by atoms with E-state index in [0.29, 0.717) is 48.5 Å². The Morgan fingerprint density at radius 2 is 1.84 bits per heavy atom. The number of aromatic nitrogens is 3. The van der Waals surface area contributed by atoms with Gasteiger partial charge in [0.25, 0.3) is 0 Å². The maximum atomic E-state index is 12.5. The number of methoxy groups -OCH3 is 1. The first-order valence-corrected chi connectivity index (χ1v) is 15.1. The van der Waals surface area contributed by atoms with Crippen LogP contribution in [0.3, 0.4) is 0 Å². The SMILES string of the molecule is COc1cc(N2CCN(CC(C)OC(=O)C(F)(F)F)CC2)ccc1Nc1ncc2ccc(-c3ccccc3[S@](C)=O)n2n1. The summed E-state index contributed by atoms with van der Waals surface area (Å²) in [5, 5.41) is 7.92. The molecule has 2 aromatic heterocycles. The summed E-state index contributed by atoms with van der Waals surface area (Å²) in [5.41, 5.74) is 3.99. The Kier molecular flexibility index (Phi) is 8.87. The summed E-state index contributed by atoms with van der Waals surface area (Å²) in [7, 11) is 0.396. The Morgan fingerprint density at radius 3 is 2.53 bits per heavy atom. The molecule has 1 fully saturated rings. The highest BCUT2D eigenvalue weighted by Gasteiger charge is 2.42. The maximum Gasteiger partial charge on any atom is 0.490 e. The fraction of sp³-hybridized carbons (Fsp3) is 0.345. The molecule has 1 N–H and O–H groups in total. The average Bonchev–Trinajstić information content (AvgIpc) is 3.40. The number of alkyl halides is 3. The van der Waals surface area contributed by atoms with Gasteiger partial charge in [0.05, 0.1) is 41.0 Å². The lowest BCUT2D eigenvalue weighted by atomic mass is 10.1. The van der Waals surface area contributed by atoms with Crippen LogP contribution in [0.5, 0.6) is 5.75 Å². The number of piperazine rings is 1. The number of nitrogens with zero attached hydrogens (tertiary/aromatic N) is 5. The smallest absolute Gasteiger partial charge is 0.490 e. The number of rotatable bonds is 9. The van der Waals surface area contributed by atoms with Crippen molar-refractivity contribution < 1.29 is 31.6 Å². The van der Waals surface area contributed by atoms with Crippen molar-refractivity contribution in [2.24, 2.45) is 0 Å². The van der Waals surface area contributed by atoms with Crippen molar-refractivity contribution >= 4 is 39.6 Å². The second kappa shape index (κ2) is 12.6. The first-order chi connectivity index (χ1) is 20.5. The molecular formula is C29H31F3N6O4S. The Morgan fingerprint density at radius 1 is 1.09 bits per heavy atom. The third-order valence-electron chi connectivity index (χ3n) is 7.10. The lowest BCUT2D eigenvalue weighted by Gasteiger charge is -2.37. The summed E-state index contributed by atoms with van der Waals surface area (Å²) in [6, 6.07) is 17.1. The number of benzene rings is 2. The van der Waals surface area contributed by atoms with Crippen molar-refractivity contribution in [3.05, 3.63) is 60.8 Å². The molecule has 2 atom stereocenters. The van der Waals surface area contributed by atoms with E-state index >= 15 is 0 Å². The summed E-state index contributed by atoms with van der Waals surface area (Å²) >= 11 is 0. The van der Waals surface area contributed by atoms with Gasteiger partial charge < -0.3 is 19.7 Å². The van der Waals surface area contributed by atoms with Gasteiger partial charge in [-0.05, 0) is 37.3 Å². The minimum absolute atomic E-state index is 0.219. The molecule has 1 unspecified atom stereocenters. The van der Waals surface area contributed by atoms with Crippen LogP contribution in [-0.4, -0.2) is 88.0 Å². The summed E-state index contributed by atoms with van der Waals surface area (Å²) in [6.07, 6.45) is -2.52. The zero-order valence-corrected chi connectivity index (χ0v) is 24.6. The van der Waals surface area contributed by atoms with E-state index < -0.39 is 29.0 Å². The zero-order chi connectivity index (χ0) is 30.7. The number of fused-ring (bicyclic) bond motifs is 1. The molecular weight excluding hydrogens is 585 g/mol. The van der Waals surface area contributed by atoms with Crippen LogP contribution < -0.4 is 15.0 Å². The van der Waals surface area contributed by atoms with E-state index in [0.717, 1.165) is 22.5 Å². The molecule has 1 aliphatic heterocycles. The Balaban J connectivity index is 1.27. The summed E-state index contributed by atoms with van der Waals surface area (Å²) in [5.74, 6) is -1.24. The molecule has 43 heavy (non-hydrogen) atoms. The molecule has 228 valence electrons. The Hall–Kier alpha value is -4.17. The van der Waals surface area contributed by atoms with Gasteiger partial charge in [-0.1, -0.05) is 18.2 Å². The fourth-order valence-electron chi connectivity index (χ4n) is 5.03. The largest absolute Gasteiger partial charge is 0.494 e. The van der Waals surface area contributed by atoms with Crippen LogP contribution in [0.15, 0.2) is 65.7 Å². The molecule has 0 aliphatic carbocycles. The Bertz CT molecular complexity index is 1640. The number of anilines is 3. The van der Waals surface area contributed by atoms with E-state index in [2.05, 4.69) is 25.0 Å². The van der Waals surface area contributed by atoms with Gasteiger partial charge in [0.2, 0.25) is 5.95 Å². The van der Waals surface area contributed by atoms with Gasteiger partial charge >= 0.3 is 12.1 Å². The molecule has 4 aromatic rings. The van der Waals surface area contributed by atoms with E-state index in [9.17, 15) is 22.2 Å². The van der Waals surface area contributed by atoms with Gasteiger partial charge in [0.1, 0.15) is 11.9 Å². The van der Waals surface area contributed by atoms with Gasteiger partial charge in [0.15, 0.2) is 0 Å². The normalized spacial score (nSPS) is 15.7. The van der Waals surface area contributed by atoms with E-state index in [1.54, 1.807) is 24.1 Å². The molecule has 0 radical (unpaired) electrons. The molecule has 0 bridgehead atoms. The number of ether oxygens (including phenoxy) is 2. The van der Waals surface area contributed by atoms with Crippen LogP contribution in [0.2, 0.25) is 0 Å². The van der Waals surface area contributed by atoms with Crippen molar-refractivity contribution in [2.75, 3.05) is 56.3 Å². The average molecular weight is 617 g/mol. The third kappa shape index (κ3) is 6.91. The molecule has 5 rings (SSSR count). The molecule has 1 saturated heterocycles. The van der Waals surface area contributed by atoms with Crippen molar-refractivity contribution in [2.45, 2.75) is 24.1 Å². The molecule has 0 saturated carbocycles. The number of hydrogen-bond acceptors (Lipinski definition) is 9. The molecule has 0 amide bonds. The summed E-state index contributed by atoms with van der Waals surface area (Å²) < 4.78 is 61.7. The van der Waals surface area contributed by atoms with Crippen molar-refractivity contribution in [3.63, 3.8) is 0 Å². The van der Waals surface area contributed by atoms with Crippen LogP contribution in [0, 0.1) is 0 Å². The second-order valence-corrected chi connectivity index (χ2v) is 11.4. The predicted molar refractivity (Wildman–Crippen MR) is 157 cm³/mol. The third-order valence-corrected chi connectivity index (χ3v) is 8.07. The van der Waals surface area contributed by atoms with Crippen LogP contribution in [0.25, 0.3) is 16.8 Å². The van der Waals surface area contributed by atoms with Crippen LogP contribution in [0.4, 0.5) is 30.5 Å². The molecule has 3 heterocycles. The van der Waals surface area contributed by atoms with Gasteiger partial charge in [0, 0.05) is 61.2 Å². The fourth-order valence-corrected chi connectivity index (χ4v) is 5.78. The topological polar surface area (TPSA) is 101 Å². The first-order valence-electron chi connectivity index (χ1n) is 13.5. The minimum atomic E-state index is -5.00. The van der Waals surface area contributed by atoms with Crippen LogP contribution in [-0.2, 0) is 20.3 Å². The zero-order valence-electron chi connectivity index (χ0n) is 23.8. The number of carbonyl (C=O) groups is 1. The number of carbonyl (C=O) groups excluding carboxylic acids is 1.